The van der Waals surface area contributed by atoms with E-state index in [-0.39, 0.29) is 16.9 Å². The van der Waals surface area contributed by atoms with Gasteiger partial charge in [-0.15, -0.1) is 5.10 Å². The van der Waals surface area contributed by atoms with Gasteiger partial charge in [0.15, 0.2) is 11.5 Å². The smallest absolute Gasteiger partial charge is 0.358 e. The fraction of sp³-hybridized carbons (Fsp3) is 0.188. The summed E-state index contributed by atoms with van der Waals surface area (Å²) in [4.78, 5) is 40.3. The zero-order valence-electron chi connectivity index (χ0n) is 14.2. The summed E-state index contributed by atoms with van der Waals surface area (Å²) < 4.78 is 7.13. The molecular formula is C16H14N6O4. The van der Waals surface area contributed by atoms with E-state index in [4.69, 9.17) is 0 Å². The van der Waals surface area contributed by atoms with Gasteiger partial charge in [-0.2, -0.15) is 9.78 Å². The summed E-state index contributed by atoms with van der Waals surface area (Å²) in [5.41, 5.74) is 0.590. The predicted octanol–water partition coefficient (Wildman–Crippen LogP) is 0.412. The molecule has 3 aromatic heterocycles. The monoisotopic (exact) mass is 354 g/mol. The Labute approximate surface area is 147 Å². The number of nitrogens with zero attached hydrogens (tertiary/aromatic N) is 6. The molecule has 0 N–H and O–H groups in total. The summed E-state index contributed by atoms with van der Waals surface area (Å²) in [6.45, 7) is 1.23. The van der Waals surface area contributed by atoms with Crippen LogP contribution < -0.4 is 5.56 Å². The van der Waals surface area contributed by atoms with E-state index in [2.05, 4.69) is 25.1 Å². The molecule has 3 heterocycles. The summed E-state index contributed by atoms with van der Waals surface area (Å²) in [5, 5.41) is 11.6. The molecule has 10 heteroatoms. The number of pyridine rings is 1. The third-order valence-electron chi connectivity index (χ3n) is 3.66. The summed E-state index contributed by atoms with van der Waals surface area (Å²) in [7, 11) is 2.90. The highest BCUT2D eigenvalue weighted by Gasteiger charge is 2.18. The molecule has 0 aliphatic rings. The van der Waals surface area contributed by atoms with Gasteiger partial charge in [0.1, 0.15) is 0 Å². The van der Waals surface area contributed by atoms with E-state index in [0.29, 0.717) is 11.3 Å². The van der Waals surface area contributed by atoms with Crippen LogP contribution in [0.15, 0.2) is 35.5 Å². The molecule has 0 spiro atoms. The lowest BCUT2D eigenvalue weighted by Gasteiger charge is -2.09. The second-order valence-corrected chi connectivity index (χ2v) is 5.38. The van der Waals surface area contributed by atoms with Crippen LogP contribution in [-0.4, -0.2) is 48.6 Å². The third kappa shape index (κ3) is 2.99. The van der Waals surface area contributed by atoms with Gasteiger partial charge >= 0.3 is 5.97 Å². The molecule has 3 rings (SSSR count). The first kappa shape index (κ1) is 17.1. The SMILES string of the molecule is COC(=O)c1cc(C(C)=O)c(=O)n(-c2cncc(-c3cnnn3C)c2)n1. The Balaban J connectivity index is 2.22. The highest BCUT2D eigenvalue weighted by atomic mass is 16.5. The van der Waals surface area contributed by atoms with Crippen molar-refractivity contribution in [3.05, 3.63) is 52.3 Å². The Bertz CT molecular complexity index is 1070. The molecule has 0 amide bonds. The molecule has 0 saturated heterocycles. The molecule has 0 bridgehead atoms. The van der Waals surface area contributed by atoms with Crippen LogP contribution in [-0.2, 0) is 11.8 Å². The topological polar surface area (TPSA) is 122 Å². The Morgan fingerprint density at radius 3 is 2.54 bits per heavy atom. The van der Waals surface area contributed by atoms with Gasteiger partial charge in [0.05, 0.1) is 36.4 Å². The van der Waals surface area contributed by atoms with Gasteiger partial charge in [-0.1, -0.05) is 5.21 Å². The van der Waals surface area contributed by atoms with Gasteiger partial charge in [-0.3, -0.25) is 14.6 Å². The van der Waals surface area contributed by atoms with Crippen LogP contribution >= 0.6 is 0 Å². The molecule has 0 aliphatic heterocycles. The number of aryl methyl sites for hydroxylation is 1. The minimum Gasteiger partial charge on any atom is -0.464 e. The van der Waals surface area contributed by atoms with Crippen molar-refractivity contribution < 1.29 is 14.3 Å². The molecule has 0 aliphatic carbocycles. The first-order chi connectivity index (χ1) is 12.4. The number of ketones is 1. The summed E-state index contributed by atoms with van der Waals surface area (Å²) in [5.74, 6) is -1.25. The van der Waals surface area contributed by atoms with Crippen LogP contribution in [0.5, 0.6) is 0 Å². The van der Waals surface area contributed by atoms with Gasteiger partial charge in [0.25, 0.3) is 5.56 Å². The second-order valence-electron chi connectivity index (χ2n) is 5.38. The van der Waals surface area contributed by atoms with Crippen LogP contribution in [0, 0.1) is 0 Å². The molecule has 0 unspecified atom stereocenters. The quantitative estimate of drug-likeness (QED) is 0.488. The van der Waals surface area contributed by atoms with Crippen molar-refractivity contribution in [2.45, 2.75) is 6.92 Å². The van der Waals surface area contributed by atoms with E-state index >= 15 is 0 Å². The average Bonchev–Trinajstić information content (AvgIpc) is 3.07. The first-order valence-electron chi connectivity index (χ1n) is 7.46. The van der Waals surface area contributed by atoms with E-state index in [1.54, 1.807) is 30.2 Å². The van der Waals surface area contributed by atoms with Crippen molar-refractivity contribution in [3.8, 4) is 16.9 Å². The molecule has 0 atom stereocenters. The third-order valence-corrected chi connectivity index (χ3v) is 3.66. The van der Waals surface area contributed by atoms with Crippen molar-refractivity contribution in [2.75, 3.05) is 7.11 Å². The molecule has 0 fully saturated rings. The molecule has 3 aromatic rings. The minimum atomic E-state index is -0.763. The number of rotatable bonds is 4. The maximum Gasteiger partial charge on any atom is 0.358 e. The lowest BCUT2D eigenvalue weighted by atomic mass is 10.2. The lowest BCUT2D eigenvalue weighted by molar-refractivity contribution is 0.0591. The molecular weight excluding hydrogens is 340 g/mol. The van der Waals surface area contributed by atoms with Crippen LogP contribution in [0.25, 0.3) is 16.9 Å². The van der Waals surface area contributed by atoms with Gasteiger partial charge in [0.2, 0.25) is 0 Å². The number of carbonyl (C=O) groups is 2. The number of esters is 1. The lowest BCUT2D eigenvalue weighted by Crippen LogP contribution is -2.29. The number of methoxy groups -OCH3 is 1. The molecule has 26 heavy (non-hydrogen) atoms. The van der Waals surface area contributed by atoms with Crippen LogP contribution in [0.1, 0.15) is 27.8 Å². The number of hydrogen-bond acceptors (Lipinski definition) is 8. The number of aromatic nitrogens is 6. The van der Waals surface area contributed by atoms with Crippen LogP contribution in [0.3, 0.4) is 0 Å². The fourth-order valence-corrected chi connectivity index (χ4v) is 2.36. The summed E-state index contributed by atoms with van der Waals surface area (Å²) >= 11 is 0. The van der Waals surface area contributed by atoms with Gasteiger partial charge in [-0.05, 0) is 19.1 Å². The largest absolute Gasteiger partial charge is 0.464 e. The predicted molar refractivity (Wildman–Crippen MR) is 89.0 cm³/mol. The van der Waals surface area contributed by atoms with Crippen LogP contribution in [0.2, 0.25) is 0 Å². The normalized spacial score (nSPS) is 10.6. The van der Waals surface area contributed by atoms with Crippen LogP contribution in [0.4, 0.5) is 0 Å². The van der Waals surface area contributed by atoms with E-state index in [1.807, 2.05) is 0 Å². The number of hydrogen-bond donors (Lipinski definition) is 0. The maximum atomic E-state index is 12.6. The Hall–Kier alpha value is -3.69. The Kier molecular flexibility index (Phi) is 4.40. The number of carbonyl (C=O) groups excluding carboxylic acids is 2. The molecule has 10 nitrogen and oxygen atoms in total. The van der Waals surface area contributed by atoms with E-state index in [9.17, 15) is 14.4 Å². The van der Waals surface area contributed by atoms with Gasteiger partial charge in [-0.25, -0.2) is 9.48 Å². The average molecular weight is 354 g/mol. The minimum absolute atomic E-state index is 0.162. The van der Waals surface area contributed by atoms with Crippen molar-refractivity contribution >= 4 is 11.8 Å². The zero-order chi connectivity index (χ0) is 18.8. The Morgan fingerprint density at radius 2 is 1.92 bits per heavy atom. The van der Waals surface area contributed by atoms with E-state index in [0.717, 1.165) is 10.7 Å². The van der Waals surface area contributed by atoms with Gasteiger partial charge in [0, 0.05) is 18.8 Å². The van der Waals surface area contributed by atoms with E-state index in [1.165, 1.54) is 20.2 Å². The maximum absolute atomic E-state index is 12.6. The highest BCUT2D eigenvalue weighted by Crippen LogP contribution is 2.18. The van der Waals surface area contributed by atoms with Crippen molar-refractivity contribution in [1.82, 2.24) is 29.8 Å². The van der Waals surface area contributed by atoms with E-state index < -0.39 is 17.3 Å². The number of Topliss-reactive ketones (excluding diaryl/α,β-unsaturated/α-hetero) is 1. The second kappa shape index (κ2) is 6.67. The van der Waals surface area contributed by atoms with Crippen molar-refractivity contribution in [2.24, 2.45) is 7.05 Å². The first-order valence-corrected chi connectivity index (χ1v) is 7.46. The van der Waals surface area contributed by atoms with Crippen molar-refractivity contribution in [3.63, 3.8) is 0 Å². The molecule has 0 radical (unpaired) electrons. The fourth-order valence-electron chi connectivity index (χ4n) is 2.36. The molecule has 0 saturated carbocycles. The zero-order valence-corrected chi connectivity index (χ0v) is 14.2. The summed E-state index contributed by atoms with van der Waals surface area (Å²) in [6, 6.07) is 2.75. The van der Waals surface area contributed by atoms with Gasteiger partial charge < -0.3 is 4.74 Å². The standard InChI is InChI=1S/C16H14N6O4/c1-9(23)12-5-13(16(25)26-3)19-22(15(12)24)11-4-10(6-17-7-11)14-8-18-20-21(14)2/h4-8H,1-3H3. The Morgan fingerprint density at radius 1 is 1.15 bits per heavy atom. The summed E-state index contributed by atoms with van der Waals surface area (Å²) in [6.07, 6.45) is 4.51. The highest BCUT2D eigenvalue weighted by molar-refractivity contribution is 5.96. The molecule has 0 aromatic carbocycles. The van der Waals surface area contributed by atoms with Crippen molar-refractivity contribution in [1.29, 1.82) is 0 Å². The number of ether oxygens (including phenoxy) is 1. The molecule has 132 valence electrons.